The van der Waals surface area contributed by atoms with E-state index in [0.717, 1.165) is 0 Å². The van der Waals surface area contributed by atoms with Crippen molar-refractivity contribution < 1.29 is 54.1 Å². The molecule has 0 nitrogen and oxygen atoms in total. The van der Waals surface area contributed by atoms with Crippen LogP contribution < -0.4 is 0 Å². The van der Waals surface area contributed by atoms with Gasteiger partial charge < -0.3 is 0 Å². The normalized spacial score (nSPS) is 2.00. The molecular weight excluding hydrogens is 331 g/mol. The van der Waals surface area contributed by atoms with Crippen LogP contribution in [0.2, 0.25) is 0 Å². The van der Waals surface area contributed by atoms with Crippen molar-refractivity contribution in [3.05, 3.63) is 0 Å². The Morgan fingerprint density at radius 1 is 0.833 bits per heavy atom. The van der Waals surface area contributed by atoms with E-state index < -0.39 is 0 Å². The van der Waals surface area contributed by atoms with Gasteiger partial charge in [0.05, 0.1) is 0 Å². The number of rotatable bonds is 0. The maximum Gasteiger partial charge on any atom is 0 e. The van der Waals surface area contributed by atoms with E-state index in [1.54, 1.807) is 0 Å². The minimum absolute atomic E-state index is 0. The van der Waals surface area contributed by atoms with Gasteiger partial charge in [0.2, 0.25) is 0 Å². The molecule has 0 saturated carbocycles. The van der Waals surface area contributed by atoms with Crippen molar-refractivity contribution in [2.75, 3.05) is 0 Å². The topological polar surface area (TPSA) is 0 Å². The third kappa shape index (κ3) is 27.9. The third-order valence-electron chi connectivity index (χ3n) is 0. The fourth-order valence-corrected chi connectivity index (χ4v) is 0. The first-order chi connectivity index (χ1) is 2.00. The summed E-state index contributed by atoms with van der Waals surface area (Å²) in [6.45, 7) is 0. The molecule has 0 aromatic rings. The van der Waals surface area contributed by atoms with Crippen LogP contribution in [0.15, 0.2) is 0 Å². The second-order valence-corrected chi connectivity index (χ2v) is 0. The number of hydrogen-bond acceptors (Lipinski definition) is 0. The van der Waals surface area contributed by atoms with Gasteiger partial charge in [-0.25, -0.2) is 0 Å². The van der Waals surface area contributed by atoms with Crippen molar-refractivity contribution in [3.63, 3.8) is 0 Å². The van der Waals surface area contributed by atoms with Crippen molar-refractivity contribution in [1.29, 1.82) is 0 Å². The SMILES string of the molecule is [GeH4].[PH]=[Zn].[PH]=[Zn].[Zn]. The van der Waals surface area contributed by atoms with Gasteiger partial charge in [0, 0.05) is 19.5 Å². The van der Waals surface area contributed by atoms with Gasteiger partial charge >= 0.3 is 66.5 Å². The summed E-state index contributed by atoms with van der Waals surface area (Å²) >= 11 is 2.36. The van der Waals surface area contributed by atoms with Crippen LogP contribution in [0, 0.1) is 0 Å². The molecule has 0 spiro atoms. The molecule has 0 aromatic carbocycles. The molecule has 0 amide bonds. The monoisotopic (exact) mass is 334 g/mol. The largest absolute Gasteiger partial charge is 0 e. The molecule has 6 heteroatoms. The summed E-state index contributed by atoms with van der Waals surface area (Å²) in [5.41, 5.74) is 0. The Morgan fingerprint density at radius 3 is 0.833 bits per heavy atom. The van der Waals surface area contributed by atoms with Crippen LogP contribution in [-0.4, -0.2) is 17.6 Å². The maximum atomic E-state index is 3.10. The van der Waals surface area contributed by atoms with E-state index >= 15 is 0 Å². The Kier molecular flexibility index (Phi) is 167. The van der Waals surface area contributed by atoms with E-state index in [9.17, 15) is 0 Å². The molecule has 0 N–H and O–H groups in total. The van der Waals surface area contributed by atoms with Gasteiger partial charge in [-0.2, -0.15) is 0 Å². The predicted molar refractivity (Wildman–Crippen MR) is 28.0 cm³/mol. The Bertz CT molecular complexity index is 10.8. The maximum absolute atomic E-state index is 3.10. The summed E-state index contributed by atoms with van der Waals surface area (Å²) in [6, 6.07) is 0. The second-order valence-electron chi connectivity index (χ2n) is 0. The zero-order chi connectivity index (χ0) is 4.00. The first kappa shape index (κ1) is 23.0. The average molecular weight is 337 g/mol. The summed E-state index contributed by atoms with van der Waals surface area (Å²) in [4.78, 5) is 0. The van der Waals surface area contributed by atoms with E-state index in [1.807, 2.05) is 0 Å². The standard InChI is InChI=1S/GeH4.2HP.3Zn/h1H4;2*1H;;;. The third-order valence-corrected chi connectivity index (χ3v) is 0. The summed E-state index contributed by atoms with van der Waals surface area (Å²) in [5.74, 6) is 0. The first-order valence-electron chi connectivity index (χ1n) is 0.707. The summed E-state index contributed by atoms with van der Waals surface area (Å²) in [7, 11) is 6.19. The predicted octanol–water partition coefficient (Wildman–Crippen LogP) is -0.272. The molecule has 6 heavy (non-hydrogen) atoms. The molecule has 0 bridgehead atoms. The molecule has 0 rings (SSSR count). The van der Waals surface area contributed by atoms with Crippen LogP contribution >= 0.6 is 14.2 Å². The molecule has 26 valence electrons. The van der Waals surface area contributed by atoms with E-state index in [2.05, 4.69) is 14.2 Å². The van der Waals surface area contributed by atoms with Gasteiger partial charge in [0.1, 0.15) is 0 Å². The van der Waals surface area contributed by atoms with Gasteiger partial charge in [-0.1, -0.05) is 0 Å². The molecule has 0 heterocycles. The Labute approximate surface area is 84.8 Å². The minimum Gasteiger partial charge on any atom is 0 e. The van der Waals surface area contributed by atoms with E-state index in [1.165, 1.54) is 34.7 Å². The molecule has 0 atom stereocenters. The zero-order valence-electron chi connectivity index (χ0n) is 3.12. The molecule has 0 aliphatic heterocycles. The quantitative estimate of drug-likeness (QED) is 0.422. The zero-order valence-corrected chi connectivity index (χ0v) is 14.0. The van der Waals surface area contributed by atoms with Crippen molar-refractivity contribution >= 4 is 31.8 Å². The molecule has 0 saturated heterocycles. The summed E-state index contributed by atoms with van der Waals surface area (Å²) in [6.07, 6.45) is 0. The molecule has 0 unspecified atom stereocenters. The fraction of sp³-hybridized carbons (Fsp3) is 0. The number of hydrogen-bond donors (Lipinski definition) is 0. The summed E-state index contributed by atoms with van der Waals surface area (Å²) < 4.78 is 0. The smallest absolute Gasteiger partial charge is 0 e. The van der Waals surface area contributed by atoms with Crippen LogP contribution in [0.25, 0.3) is 0 Å². The van der Waals surface area contributed by atoms with Crippen molar-refractivity contribution in [2.45, 2.75) is 0 Å². The molecular formula is H6GeP2Zn3. The molecule has 0 fully saturated rings. The minimum atomic E-state index is 0. The van der Waals surface area contributed by atoms with Gasteiger partial charge in [0.15, 0.2) is 0 Å². The van der Waals surface area contributed by atoms with Crippen LogP contribution in [0.5, 0.6) is 0 Å². The molecule has 0 aliphatic rings. The van der Waals surface area contributed by atoms with E-state index in [-0.39, 0.29) is 37.1 Å². The molecule has 0 radical (unpaired) electrons. The Hall–Kier alpha value is 3.01. The van der Waals surface area contributed by atoms with Crippen LogP contribution in [-0.2, 0) is 54.1 Å². The second kappa shape index (κ2) is 43.4. The van der Waals surface area contributed by atoms with Crippen molar-refractivity contribution in [2.24, 2.45) is 0 Å². The van der Waals surface area contributed by atoms with Gasteiger partial charge in [-0.05, 0) is 0 Å². The Balaban J connectivity index is -0.00000000500. The first-order valence-corrected chi connectivity index (χ1v) is 11.0. The summed E-state index contributed by atoms with van der Waals surface area (Å²) in [5, 5.41) is 0. The molecule has 0 aliphatic carbocycles. The van der Waals surface area contributed by atoms with Gasteiger partial charge in [0.25, 0.3) is 0 Å². The van der Waals surface area contributed by atoms with Crippen LogP contribution in [0.4, 0.5) is 0 Å². The van der Waals surface area contributed by atoms with Crippen molar-refractivity contribution in [1.82, 2.24) is 0 Å². The Morgan fingerprint density at radius 2 is 0.833 bits per heavy atom. The van der Waals surface area contributed by atoms with E-state index in [4.69, 9.17) is 0 Å². The van der Waals surface area contributed by atoms with E-state index in [0.29, 0.717) is 0 Å². The average Bonchev–Trinajstić information content (AvgIpc) is 1.50. The molecule has 0 aromatic heterocycles. The van der Waals surface area contributed by atoms with Gasteiger partial charge in [-0.15, -0.1) is 0 Å². The van der Waals surface area contributed by atoms with Crippen LogP contribution in [0.1, 0.15) is 0 Å². The van der Waals surface area contributed by atoms with Gasteiger partial charge in [-0.3, -0.25) is 0 Å². The van der Waals surface area contributed by atoms with Crippen LogP contribution in [0.3, 0.4) is 0 Å². The van der Waals surface area contributed by atoms with Crippen molar-refractivity contribution in [3.8, 4) is 0 Å². The fourth-order valence-electron chi connectivity index (χ4n) is 0.